The summed E-state index contributed by atoms with van der Waals surface area (Å²) in [5, 5.41) is 3.45. The van der Waals surface area contributed by atoms with Crippen LogP contribution in [0.5, 0.6) is 0 Å². The fourth-order valence-corrected chi connectivity index (χ4v) is 6.23. The zero-order valence-corrected chi connectivity index (χ0v) is 24.3. The van der Waals surface area contributed by atoms with Crippen LogP contribution in [-0.2, 0) is 4.79 Å². The minimum Gasteiger partial charge on any atom is -0.434 e. The molecule has 10 heteroatoms. The van der Waals surface area contributed by atoms with Crippen LogP contribution >= 0.6 is 11.8 Å². The van der Waals surface area contributed by atoms with Gasteiger partial charge in [-0.3, -0.25) is 19.4 Å². The molecule has 6 rings (SSSR count). The molecule has 0 unspecified atom stereocenters. The average molecular weight is 594 g/mol. The number of rotatable bonds is 10. The zero-order chi connectivity index (χ0) is 29.8. The van der Waals surface area contributed by atoms with Crippen LogP contribution in [0.3, 0.4) is 0 Å². The Labute approximate surface area is 252 Å². The number of thioether (sulfide) groups is 1. The van der Waals surface area contributed by atoms with Gasteiger partial charge in [-0.05, 0) is 85.2 Å². The molecule has 1 atom stereocenters. The first kappa shape index (κ1) is 28.6. The molecule has 0 aliphatic carbocycles. The fourth-order valence-electron chi connectivity index (χ4n) is 5.35. The maximum absolute atomic E-state index is 13.3. The van der Waals surface area contributed by atoms with Crippen LogP contribution in [0.25, 0.3) is 33.1 Å². The molecule has 1 aliphatic heterocycles. The van der Waals surface area contributed by atoms with Gasteiger partial charge in [0.05, 0.1) is 17.6 Å². The lowest BCUT2D eigenvalue weighted by Crippen LogP contribution is -2.45. The summed E-state index contributed by atoms with van der Waals surface area (Å²) in [6.45, 7) is 0.875. The lowest BCUT2D eigenvalue weighted by Gasteiger charge is -2.22. The van der Waals surface area contributed by atoms with E-state index in [1.165, 1.54) is 9.80 Å². The van der Waals surface area contributed by atoms with Gasteiger partial charge in [-0.2, -0.15) is 0 Å². The van der Waals surface area contributed by atoms with E-state index in [4.69, 9.17) is 10.2 Å². The number of hydrogen-bond donors (Lipinski definition) is 2. The molecule has 0 spiro atoms. The highest BCUT2D eigenvalue weighted by atomic mass is 32.2. The van der Waals surface area contributed by atoms with E-state index in [9.17, 15) is 14.4 Å². The summed E-state index contributed by atoms with van der Waals surface area (Å²) in [6, 6.07) is 22.3. The Balaban J connectivity index is 1.14. The van der Waals surface area contributed by atoms with E-state index in [2.05, 4.69) is 39.6 Å². The SMILES string of the molecule is NCCCSc1ccc(-c2ccc3nccc(C(=O)NCC(=O)N4CCC[C@H]4C(=O)c4nc5ccccc5o4)c3c2)cc1. The van der Waals surface area contributed by atoms with E-state index in [1.54, 1.807) is 36.2 Å². The number of oxazole rings is 1. The maximum atomic E-state index is 13.3. The first-order valence-corrected chi connectivity index (χ1v) is 15.3. The first-order valence-electron chi connectivity index (χ1n) is 14.3. The smallest absolute Gasteiger partial charge is 0.266 e. The molecular weight excluding hydrogens is 562 g/mol. The number of benzene rings is 3. The Morgan fingerprint density at radius 3 is 2.63 bits per heavy atom. The summed E-state index contributed by atoms with van der Waals surface area (Å²) < 4.78 is 5.65. The van der Waals surface area contributed by atoms with Crippen LogP contribution in [0, 0.1) is 0 Å². The van der Waals surface area contributed by atoms with Crippen LogP contribution in [0.2, 0.25) is 0 Å². The number of ketones is 1. The van der Waals surface area contributed by atoms with Gasteiger partial charge >= 0.3 is 0 Å². The summed E-state index contributed by atoms with van der Waals surface area (Å²) in [5.74, 6) is -0.0716. The molecular formula is C33H31N5O4S. The number of likely N-dealkylation sites (tertiary alicyclic amines) is 1. The molecule has 0 bridgehead atoms. The molecule has 218 valence electrons. The average Bonchev–Trinajstić information content (AvgIpc) is 3.71. The van der Waals surface area contributed by atoms with Gasteiger partial charge in [-0.1, -0.05) is 30.3 Å². The molecule has 0 saturated carbocycles. The van der Waals surface area contributed by atoms with Crippen molar-refractivity contribution in [3.05, 3.63) is 90.4 Å². The van der Waals surface area contributed by atoms with Gasteiger partial charge in [0.15, 0.2) is 5.58 Å². The molecule has 5 aromatic rings. The number of para-hydroxylation sites is 2. The molecule has 3 heterocycles. The normalized spacial score (nSPS) is 14.8. The molecule has 1 fully saturated rings. The van der Waals surface area contributed by atoms with E-state index in [1.807, 2.05) is 30.3 Å². The number of nitrogens with one attached hydrogen (secondary N) is 1. The molecule has 3 aromatic carbocycles. The highest BCUT2D eigenvalue weighted by Gasteiger charge is 2.36. The second-order valence-electron chi connectivity index (χ2n) is 10.4. The third-order valence-corrected chi connectivity index (χ3v) is 8.67. The van der Waals surface area contributed by atoms with Crippen molar-refractivity contribution in [3.8, 4) is 11.1 Å². The van der Waals surface area contributed by atoms with Crippen molar-refractivity contribution in [1.82, 2.24) is 20.2 Å². The third-order valence-electron chi connectivity index (χ3n) is 7.57. The fraction of sp³-hybridized carbons (Fsp3) is 0.242. The van der Waals surface area contributed by atoms with Gasteiger partial charge in [-0.25, -0.2) is 4.98 Å². The third kappa shape index (κ3) is 6.16. The van der Waals surface area contributed by atoms with Crippen molar-refractivity contribution >= 4 is 51.4 Å². The van der Waals surface area contributed by atoms with Crippen LogP contribution in [-0.4, -0.2) is 63.9 Å². The highest BCUT2D eigenvalue weighted by molar-refractivity contribution is 7.99. The Hall–Kier alpha value is -4.54. The number of hydrogen-bond acceptors (Lipinski definition) is 8. The molecule has 1 saturated heterocycles. The maximum Gasteiger partial charge on any atom is 0.266 e. The largest absolute Gasteiger partial charge is 0.434 e. The van der Waals surface area contributed by atoms with Crippen LogP contribution < -0.4 is 11.1 Å². The first-order chi connectivity index (χ1) is 21.0. The highest BCUT2D eigenvalue weighted by Crippen LogP contribution is 2.28. The number of carbonyl (C=O) groups excluding carboxylic acids is 3. The topological polar surface area (TPSA) is 131 Å². The van der Waals surface area contributed by atoms with Gasteiger partial charge in [-0.15, -0.1) is 11.8 Å². The van der Waals surface area contributed by atoms with Crippen molar-refractivity contribution in [2.24, 2.45) is 5.73 Å². The van der Waals surface area contributed by atoms with Crippen molar-refractivity contribution in [2.75, 3.05) is 25.4 Å². The minimum atomic E-state index is -0.674. The molecule has 9 nitrogen and oxygen atoms in total. The van der Waals surface area contributed by atoms with Gasteiger partial charge in [0.25, 0.3) is 11.8 Å². The van der Waals surface area contributed by atoms with E-state index in [0.29, 0.717) is 53.5 Å². The Morgan fingerprint density at radius 1 is 1.00 bits per heavy atom. The molecule has 0 radical (unpaired) electrons. The second kappa shape index (κ2) is 12.8. The van der Waals surface area contributed by atoms with Gasteiger partial charge in [0.1, 0.15) is 11.6 Å². The number of carbonyl (C=O) groups is 3. The Morgan fingerprint density at radius 2 is 1.81 bits per heavy atom. The van der Waals surface area contributed by atoms with Crippen molar-refractivity contribution in [1.29, 1.82) is 0 Å². The molecule has 3 N–H and O–H groups in total. The van der Waals surface area contributed by atoms with E-state index in [-0.39, 0.29) is 30.0 Å². The summed E-state index contributed by atoms with van der Waals surface area (Å²) >= 11 is 1.78. The predicted octanol–water partition coefficient (Wildman–Crippen LogP) is 5.09. The van der Waals surface area contributed by atoms with E-state index in [0.717, 1.165) is 23.3 Å². The summed E-state index contributed by atoms with van der Waals surface area (Å²) in [4.78, 5) is 51.2. The standard InChI is InChI=1S/C33H31N5O4S/c34-15-4-18-43-23-11-8-21(9-12-23)22-10-13-26-25(19-22)24(14-16-35-26)32(41)36-20-30(39)38-17-3-6-28(38)31(40)33-37-27-5-1-2-7-29(27)42-33/h1-2,5,7-14,16,19,28H,3-4,6,15,17-18,20,34H2,(H,36,41)/t28-/m0/s1. The molecule has 2 aromatic heterocycles. The quantitative estimate of drug-likeness (QED) is 0.130. The number of pyridine rings is 1. The summed E-state index contributed by atoms with van der Waals surface area (Å²) in [5.41, 5.74) is 9.81. The van der Waals surface area contributed by atoms with Gasteiger partial charge in [0.2, 0.25) is 11.7 Å². The Kier molecular flexibility index (Phi) is 8.48. The second-order valence-corrected chi connectivity index (χ2v) is 11.6. The zero-order valence-electron chi connectivity index (χ0n) is 23.5. The number of fused-ring (bicyclic) bond motifs is 2. The molecule has 2 amide bonds. The van der Waals surface area contributed by atoms with E-state index >= 15 is 0 Å². The van der Waals surface area contributed by atoms with Gasteiger partial charge in [0, 0.05) is 23.0 Å². The summed E-state index contributed by atoms with van der Waals surface area (Å²) in [7, 11) is 0. The van der Waals surface area contributed by atoms with Crippen LogP contribution in [0.15, 0.2) is 88.3 Å². The molecule has 43 heavy (non-hydrogen) atoms. The number of aromatic nitrogens is 2. The van der Waals surface area contributed by atoms with E-state index < -0.39 is 6.04 Å². The van der Waals surface area contributed by atoms with Crippen molar-refractivity contribution in [3.63, 3.8) is 0 Å². The van der Waals surface area contributed by atoms with Gasteiger partial charge < -0.3 is 20.4 Å². The Bertz CT molecular complexity index is 1770. The summed E-state index contributed by atoms with van der Waals surface area (Å²) in [6.07, 6.45) is 3.75. The lowest BCUT2D eigenvalue weighted by molar-refractivity contribution is -0.130. The monoisotopic (exact) mass is 593 g/mol. The van der Waals surface area contributed by atoms with Crippen molar-refractivity contribution < 1.29 is 18.8 Å². The molecule has 1 aliphatic rings. The lowest BCUT2D eigenvalue weighted by atomic mass is 10.0. The minimum absolute atomic E-state index is 0.00557. The van der Waals surface area contributed by atoms with Crippen molar-refractivity contribution in [2.45, 2.75) is 30.2 Å². The number of nitrogens with zero attached hydrogens (tertiary/aromatic N) is 3. The number of amides is 2. The van der Waals surface area contributed by atoms with Crippen LogP contribution in [0.1, 0.15) is 40.3 Å². The predicted molar refractivity (Wildman–Crippen MR) is 167 cm³/mol. The van der Waals surface area contributed by atoms with Crippen LogP contribution in [0.4, 0.5) is 0 Å². The number of Topliss-reactive ketones (excluding diaryl/α,β-unsaturated/α-hetero) is 1. The number of nitrogens with two attached hydrogens (primary N) is 1.